The van der Waals surface area contributed by atoms with Gasteiger partial charge in [-0.25, -0.2) is 17.2 Å². The van der Waals surface area contributed by atoms with Crippen LogP contribution < -0.4 is 4.89 Å². The second-order valence-electron chi connectivity index (χ2n) is 2.17. The topological polar surface area (TPSA) is 66.4 Å². The normalized spacial score (nSPS) is 11.6. The molecule has 0 unspecified atom stereocenters. The first-order valence-corrected chi connectivity index (χ1v) is 4.56. The molecule has 0 fully saturated rings. The van der Waals surface area contributed by atoms with Gasteiger partial charge in [-0.05, 0) is 12.1 Å². The van der Waals surface area contributed by atoms with Crippen LogP contribution >= 0.6 is 0 Å². The maximum absolute atomic E-state index is 12.8. The van der Waals surface area contributed by atoms with E-state index in [9.17, 15) is 17.2 Å². The average Bonchev–Trinajstić information content (AvgIpc) is 2.03. The highest BCUT2D eigenvalue weighted by Crippen LogP contribution is 2.14. The van der Waals surface area contributed by atoms with E-state index in [1.165, 1.54) is 0 Å². The number of benzene rings is 1. The molecule has 13 heavy (non-hydrogen) atoms. The van der Waals surface area contributed by atoms with E-state index in [4.69, 9.17) is 5.21 Å². The summed E-state index contributed by atoms with van der Waals surface area (Å²) in [7, 11) is -4.28. The molecule has 1 rings (SSSR count). The first-order valence-electron chi connectivity index (χ1n) is 3.08. The molecule has 1 aromatic rings. The number of nitrogens with one attached hydrogen (secondary N) is 1. The van der Waals surface area contributed by atoms with Crippen LogP contribution in [0.4, 0.5) is 8.78 Å². The molecule has 0 aliphatic heterocycles. The molecule has 7 heteroatoms. The van der Waals surface area contributed by atoms with Crippen LogP contribution in [0.15, 0.2) is 23.1 Å². The monoisotopic (exact) mass is 209 g/mol. The van der Waals surface area contributed by atoms with Crippen molar-refractivity contribution >= 4 is 10.0 Å². The van der Waals surface area contributed by atoms with Gasteiger partial charge in [0.2, 0.25) is 0 Å². The third kappa shape index (κ3) is 2.00. The van der Waals surface area contributed by atoms with E-state index >= 15 is 0 Å². The maximum atomic E-state index is 12.8. The van der Waals surface area contributed by atoms with Gasteiger partial charge in [0, 0.05) is 6.07 Å². The quantitative estimate of drug-likeness (QED) is 0.702. The van der Waals surface area contributed by atoms with Gasteiger partial charge in [-0.1, -0.05) is 4.89 Å². The zero-order valence-electron chi connectivity index (χ0n) is 6.16. The minimum absolute atomic E-state index is 0.407. The van der Waals surface area contributed by atoms with Crippen LogP contribution in [0.25, 0.3) is 0 Å². The lowest BCUT2D eigenvalue weighted by Crippen LogP contribution is -2.20. The van der Waals surface area contributed by atoms with E-state index in [2.05, 4.69) is 0 Å². The fraction of sp³-hybridized carbons (Fsp3) is 0. The minimum atomic E-state index is -4.28. The summed E-state index contributed by atoms with van der Waals surface area (Å²) in [5.41, 5.74) is 0. The number of rotatable bonds is 2. The number of hydrogen-bond donors (Lipinski definition) is 2. The van der Waals surface area contributed by atoms with Gasteiger partial charge in [0.15, 0.2) is 0 Å². The maximum Gasteiger partial charge on any atom is 0.265 e. The van der Waals surface area contributed by atoms with Crippen molar-refractivity contribution in [2.75, 3.05) is 0 Å². The fourth-order valence-corrected chi connectivity index (χ4v) is 1.40. The Hall–Kier alpha value is -1.05. The Morgan fingerprint density at radius 1 is 1.31 bits per heavy atom. The molecule has 1 aromatic carbocycles. The summed E-state index contributed by atoms with van der Waals surface area (Å²) in [6.07, 6.45) is 0. The molecule has 0 bridgehead atoms. The van der Waals surface area contributed by atoms with Crippen LogP contribution in [0.3, 0.4) is 0 Å². The Bertz CT molecular complexity index is 418. The molecule has 4 nitrogen and oxygen atoms in total. The number of hydrogen-bond acceptors (Lipinski definition) is 3. The van der Waals surface area contributed by atoms with E-state index in [0.29, 0.717) is 12.1 Å². The highest BCUT2D eigenvalue weighted by molar-refractivity contribution is 7.89. The van der Waals surface area contributed by atoms with Gasteiger partial charge in [0.05, 0.1) is 0 Å². The third-order valence-corrected chi connectivity index (χ3v) is 2.45. The Morgan fingerprint density at radius 2 is 1.92 bits per heavy atom. The van der Waals surface area contributed by atoms with Crippen LogP contribution in [-0.2, 0) is 10.0 Å². The molecule has 0 aliphatic rings. The predicted molar refractivity (Wildman–Crippen MR) is 38.5 cm³/mol. The number of halogens is 2. The van der Waals surface area contributed by atoms with Crippen molar-refractivity contribution in [3.05, 3.63) is 29.8 Å². The summed E-state index contributed by atoms with van der Waals surface area (Å²) < 4.78 is 46.7. The molecule has 0 aliphatic carbocycles. The van der Waals surface area contributed by atoms with Crippen molar-refractivity contribution in [1.29, 1.82) is 0 Å². The summed E-state index contributed by atoms with van der Waals surface area (Å²) in [5, 5.41) is 8.14. The molecule has 0 atom stereocenters. The van der Waals surface area contributed by atoms with Gasteiger partial charge in [-0.3, -0.25) is 0 Å². The lowest BCUT2D eigenvalue weighted by molar-refractivity contribution is 0.242. The zero-order valence-corrected chi connectivity index (χ0v) is 6.98. The second-order valence-corrected chi connectivity index (χ2v) is 3.80. The summed E-state index contributed by atoms with van der Waals surface area (Å²) >= 11 is 0. The summed E-state index contributed by atoms with van der Waals surface area (Å²) in [6.45, 7) is 0. The Labute approximate surface area is 72.8 Å². The van der Waals surface area contributed by atoms with Crippen LogP contribution in [0.2, 0.25) is 0 Å². The van der Waals surface area contributed by atoms with Crippen molar-refractivity contribution in [2.45, 2.75) is 4.90 Å². The Kier molecular flexibility index (Phi) is 2.60. The van der Waals surface area contributed by atoms with Gasteiger partial charge in [0.1, 0.15) is 16.5 Å². The molecule has 0 spiro atoms. The first-order chi connectivity index (χ1) is 5.97. The molecule has 0 radical (unpaired) electrons. The molecule has 0 saturated carbocycles. The van der Waals surface area contributed by atoms with Crippen LogP contribution in [0, 0.1) is 11.6 Å². The SMILES string of the molecule is O=S(=O)(NO)c1ccc(F)cc1F. The second kappa shape index (κ2) is 3.36. The summed E-state index contributed by atoms with van der Waals surface area (Å²) in [5.74, 6) is -2.16. The van der Waals surface area contributed by atoms with Crippen LogP contribution in [0.1, 0.15) is 0 Å². The van der Waals surface area contributed by atoms with E-state index in [-0.39, 0.29) is 0 Å². The minimum Gasteiger partial charge on any atom is -0.302 e. The molecule has 72 valence electrons. The van der Waals surface area contributed by atoms with E-state index in [1.54, 1.807) is 0 Å². The van der Waals surface area contributed by atoms with Crippen molar-refractivity contribution in [1.82, 2.24) is 4.89 Å². The van der Waals surface area contributed by atoms with Crippen molar-refractivity contribution < 1.29 is 22.4 Å². The molecular formula is C6H5F2NO3S. The highest BCUT2D eigenvalue weighted by atomic mass is 32.2. The molecule has 0 heterocycles. The van der Waals surface area contributed by atoms with E-state index in [0.717, 1.165) is 11.0 Å². The summed E-state index contributed by atoms with van der Waals surface area (Å²) in [4.78, 5) is 0.119. The van der Waals surface area contributed by atoms with Gasteiger partial charge in [0.25, 0.3) is 10.0 Å². The standard InChI is InChI=1S/C6H5F2NO3S/c7-4-1-2-6(5(8)3-4)13(11,12)9-10/h1-3,9-10H. The molecule has 2 N–H and O–H groups in total. The predicted octanol–water partition coefficient (Wildman–Crippen LogP) is 0.632. The number of sulfonamides is 1. The smallest absolute Gasteiger partial charge is 0.265 e. The van der Waals surface area contributed by atoms with Gasteiger partial charge in [-0.15, -0.1) is 0 Å². The van der Waals surface area contributed by atoms with Crippen LogP contribution in [-0.4, -0.2) is 13.6 Å². The van der Waals surface area contributed by atoms with Crippen LogP contribution in [0.5, 0.6) is 0 Å². The molecule has 0 saturated heterocycles. The van der Waals surface area contributed by atoms with Crippen molar-refractivity contribution in [3.8, 4) is 0 Å². The Morgan fingerprint density at radius 3 is 2.38 bits per heavy atom. The van der Waals surface area contributed by atoms with Gasteiger partial charge >= 0.3 is 0 Å². The summed E-state index contributed by atoms with van der Waals surface area (Å²) in [6, 6.07) is 1.89. The zero-order chi connectivity index (χ0) is 10.1. The van der Waals surface area contributed by atoms with E-state index in [1.807, 2.05) is 0 Å². The molecular weight excluding hydrogens is 204 g/mol. The third-order valence-electron chi connectivity index (χ3n) is 1.30. The highest BCUT2D eigenvalue weighted by Gasteiger charge is 2.17. The Balaban J connectivity index is 3.33. The molecule has 0 amide bonds. The van der Waals surface area contributed by atoms with E-state index < -0.39 is 26.6 Å². The van der Waals surface area contributed by atoms with Crippen molar-refractivity contribution in [2.24, 2.45) is 0 Å². The van der Waals surface area contributed by atoms with Gasteiger partial charge in [-0.2, -0.15) is 0 Å². The van der Waals surface area contributed by atoms with Gasteiger partial charge < -0.3 is 5.21 Å². The lowest BCUT2D eigenvalue weighted by Gasteiger charge is -2.01. The largest absolute Gasteiger partial charge is 0.302 e. The lowest BCUT2D eigenvalue weighted by atomic mass is 10.3. The fourth-order valence-electron chi connectivity index (χ4n) is 0.742. The van der Waals surface area contributed by atoms with Crippen molar-refractivity contribution in [3.63, 3.8) is 0 Å². The average molecular weight is 209 g/mol. The molecule has 0 aromatic heterocycles. The first kappa shape index (κ1) is 10.0.